The molecular weight excluding hydrogens is 318 g/mol. The standard InChI is InChI=1S/C20H27NO4/c1-4-25-20(24)16-9-11-21(12-10-16)19(23)8-7-18(22)17-6-5-14(2)15(3)13-17/h5-6,13,16H,4,7-12H2,1-3H3. The van der Waals surface area contributed by atoms with Crippen LogP contribution >= 0.6 is 0 Å². The molecule has 5 heteroatoms. The Morgan fingerprint density at radius 3 is 2.36 bits per heavy atom. The van der Waals surface area contributed by atoms with Gasteiger partial charge in [-0.2, -0.15) is 0 Å². The monoisotopic (exact) mass is 345 g/mol. The first kappa shape index (κ1) is 19.2. The van der Waals surface area contributed by atoms with Crippen LogP contribution in [0.5, 0.6) is 0 Å². The van der Waals surface area contributed by atoms with Gasteiger partial charge in [-0.1, -0.05) is 12.1 Å². The Morgan fingerprint density at radius 1 is 1.08 bits per heavy atom. The average molecular weight is 345 g/mol. The number of rotatable bonds is 6. The molecule has 2 rings (SSSR count). The number of hydrogen-bond acceptors (Lipinski definition) is 4. The lowest BCUT2D eigenvalue weighted by atomic mass is 9.96. The molecule has 0 spiro atoms. The minimum atomic E-state index is -0.167. The lowest BCUT2D eigenvalue weighted by Gasteiger charge is -2.30. The molecule has 1 fully saturated rings. The first-order chi connectivity index (χ1) is 11.9. The molecule has 0 N–H and O–H groups in total. The van der Waals surface area contributed by atoms with Gasteiger partial charge < -0.3 is 9.64 Å². The van der Waals surface area contributed by atoms with Gasteiger partial charge >= 0.3 is 5.97 Å². The van der Waals surface area contributed by atoms with Crippen molar-refractivity contribution < 1.29 is 19.1 Å². The summed E-state index contributed by atoms with van der Waals surface area (Å²) in [4.78, 5) is 38.1. The number of nitrogens with zero attached hydrogens (tertiary/aromatic N) is 1. The van der Waals surface area contributed by atoms with Gasteiger partial charge in [-0.15, -0.1) is 0 Å². The Labute approximate surface area is 149 Å². The number of esters is 1. The van der Waals surface area contributed by atoms with Gasteiger partial charge in [-0.05, 0) is 50.8 Å². The summed E-state index contributed by atoms with van der Waals surface area (Å²) in [5.74, 6) is -0.293. The van der Waals surface area contributed by atoms with Gasteiger partial charge in [0.1, 0.15) is 0 Å². The zero-order chi connectivity index (χ0) is 18.4. The SMILES string of the molecule is CCOC(=O)C1CCN(C(=O)CCC(=O)c2ccc(C)c(C)c2)CC1. The molecule has 0 aromatic heterocycles. The molecule has 0 unspecified atom stereocenters. The predicted molar refractivity (Wildman–Crippen MR) is 95.4 cm³/mol. The van der Waals surface area contributed by atoms with Crippen LogP contribution in [0.3, 0.4) is 0 Å². The number of amides is 1. The molecule has 1 amide bonds. The summed E-state index contributed by atoms with van der Waals surface area (Å²) < 4.78 is 5.04. The first-order valence-corrected chi connectivity index (χ1v) is 8.97. The highest BCUT2D eigenvalue weighted by Gasteiger charge is 2.28. The van der Waals surface area contributed by atoms with Gasteiger partial charge in [0.25, 0.3) is 0 Å². The summed E-state index contributed by atoms with van der Waals surface area (Å²) in [5.41, 5.74) is 2.90. The summed E-state index contributed by atoms with van der Waals surface area (Å²) in [6, 6.07) is 5.64. The molecule has 1 heterocycles. The third kappa shape index (κ3) is 5.15. The summed E-state index contributed by atoms with van der Waals surface area (Å²) >= 11 is 0. The number of ketones is 1. The summed E-state index contributed by atoms with van der Waals surface area (Å²) in [6.07, 6.45) is 1.71. The minimum Gasteiger partial charge on any atom is -0.466 e. The highest BCUT2D eigenvalue weighted by Crippen LogP contribution is 2.20. The predicted octanol–water partition coefficient (Wildman–Crippen LogP) is 3.07. The van der Waals surface area contributed by atoms with E-state index >= 15 is 0 Å². The fourth-order valence-corrected chi connectivity index (χ4v) is 3.06. The van der Waals surface area contributed by atoms with Gasteiger partial charge in [0.15, 0.2) is 5.78 Å². The van der Waals surface area contributed by atoms with Crippen LogP contribution < -0.4 is 0 Å². The maximum atomic E-state index is 12.3. The van der Waals surface area contributed by atoms with Crippen molar-refractivity contribution in [1.82, 2.24) is 4.90 Å². The van der Waals surface area contributed by atoms with Crippen LogP contribution in [-0.2, 0) is 14.3 Å². The van der Waals surface area contributed by atoms with Crippen LogP contribution in [0.2, 0.25) is 0 Å². The van der Waals surface area contributed by atoms with Crippen LogP contribution in [-0.4, -0.2) is 42.3 Å². The van der Waals surface area contributed by atoms with E-state index in [1.54, 1.807) is 11.8 Å². The number of Topliss-reactive ketones (excluding diaryl/α,β-unsaturated/α-hetero) is 1. The van der Waals surface area contributed by atoms with E-state index in [0.29, 0.717) is 38.1 Å². The molecule has 0 saturated carbocycles. The molecule has 136 valence electrons. The lowest BCUT2D eigenvalue weighted by molar-refractivity contribution is -0.151. The number of carbonyl (C=O) groups excluding carboxylic acids is 3. The van der Waals surface area contributed by atoms with Crippen molar-refractivity contribution in [3.05, 3.63) is 34.9 Å². The Morgan fingerprint density at radius 2 is 1.76 bits per heavy atom. The van der Waals surface area contributed by atoms with Gasteiger partial charge in [0, 0.05) is 31.5 Å². The van der Waals surface area contributed by atoms with Crippen LogP contribution in [0.4, 0.5) is 0 Å². The molecule has 5 nitrogen and oxygen atoms in total. The van der Waals surface area contributed by atoms with Crippen molar-refractivity contribution >= 4 is 17.7 Å². The third-order valence-electron chi connectivity index (χ3n) is 4.86. The second kappa shape index (κ2) is 8.79. The van der Waals surface area contributed by atoms with Crippen LogP contribution in [0, 0.1) is 19.8 Å². The van der Waals surface area contributed by atoms with Crippen molar-refractivity contribution in [2.45, 2.75) is 46.5 Å². The summed E-state index contributed by atoms with van der Waals surface area (Å²) in [5, 5.41) is 0. The zero-order valence-electron chi connectivity index (χ0n) is 15.3. The van der Waals surface area contributed by atoms with Crippen molar-refractivity contribution in [3.63, 3.8) is 0 Å². The first-order valence-electron chi connectivity index (χ1n) is 8.97. The van der Waals surface area contributed by atoms with Crippen molar-refractivity contribution in [3.8, 4) is 0 Å². The molecule has 0 bridgehead atoms. The third-order valence-corrected chi connectivity index (χ3v) is 4.86. The van der Waals surface area contributed by atoms with E-state index in [-0.39, 0.29) is 36.4 Å². The maximum Gasteiger partial charge on any atom is 0.309 e. The van der Waals surface area contributed by atoms with E-state index in [9.17, 15) is 14.4 Å². The Kier molecular flexibility index (Phi) is 6.73. The summed E-state index contributed by atoms with van der Waals surface area (Å²) in [6.45, 7) is 7.28. The molecule has 0 aliphatic carbocycles. The number of ether oxygens (including phenoxy) is 1. The zero-order valence-corrected chi connectivity index (χ0v) is 15.3. The Bertz CT molecular complexity index is 645. The highest BCUT2D eigenvalue weighted by atomic mass is 16.5. The fraction of sp³-hybridized carbons (Fsp3) is 0.550. The van der Waals surface area contributed by atoms with Crippen molar-refractivity contribution in [1.29, 1.82) is 0 Å². The van der Waals surface area contributed by atoms with Crippen molar-refractivity contribution in [2.24, 2.45) is 5.92 Å². The second-order valence-corrected chi connectivity index (χ2v) is 6.63. The Balaban J connectivity index is 1.80. The lowest BCUT2D eigenvalue weighted by Crippen LogP contribution is -2.40. The second-order valence-electron chi connectivity index (χ2n) is 6.63. The van der Waals surface area contributed by atoms with Crippen molar-refractivity contribution in [2.75, 3.05) is 19.7 Å². The molecule has 1 aliphatic heterocycles. The van der Waals surface area contributed by atoms with Crippen LogP contribution in [0.15, 0.2) is 18.2 Å². The smallest absolute Gasteiger partial charge is 0.309 e. The van der Waals surface area contributed by atoms with Gasteiger partial charge in [0.2, 0.25) is 5.91 Å². The normalized spacial score (nSPS) is 15.1. The topological polar surface area (TPSA) is 63.7 Å². The quantitative estimate of drug-likeness (QED) is 0.587. The molecule has 1 aromatic carbocycles. The number of likely N-dealkylation sites (tertiary alicyclic amines) is 1. The van der Waals surface area contributed by atoms with Crippen LogP contribution in [0.1, 0.15) is 54.1 Å². The molecule has 1 saturated heterocycles. The molecular formula is C20H27NO4. The number of hydrogen-bond donors (Lipinski definition) is 0. The summed E-state index contributed by atoms with van der Waals surface area (Å²) in [7, 11) is 0. The number of aryl methyl sites for hydroxylation is 2. The largest absolute Gasteiger partial charge is 0.466 e. The van der Waals surface area contributed by atoms with E-state index in [1.165, 1.54) is 0 Å². The molecule has 0 radical (unpaired) electrons. The van der Waals surface area contributed by atoms with E-state index in [0.717, 1.165) is 11.1 Å². The molecule has 1 aromatic rings. The molecule has 25 heavy (non-hydrogen) atoms. The highest BCUT2D eigenvalue weighted by molar-refractivity contribution is 5.98. The average Bonchev–Trinajstić information content (AvgIpc) is 2.62. The maximum absolute atomic E-state index is 12.3. The molecule has 0 atom stereocenters. The number of carbonyl (C=O) groups is 3. The van der Waals surface area contributed by atoms with E-state index in [1.807, 2.05) is 32.0 Å². The number of piperidine rings is 1. The van der Waals surface area contributed by atoms with E-state index in [4.69, 9.17) is 4.74 Å². The van der Waals surface area contributed by atoms with E-state index < -0.39 is 0 Å². The minimum absolute atomic E-state index is 0.00198. The number of benzene rings is 1. The van der Waals surface area contributed by atoms with Crippen LogP contribution in [0.25, 0.3) is 0 Å². The van der Waals surface area contributed by atoms with Gasteiger partial charge in [-0.3, -0.25) is 14.4 Å². The van der Waals surface area contributed by atoms with E-state index in [2.05, 4.69) is 0 Å². The Hall–Kier alpha value is -2.17. The fourth-order valence-electron chi connectivity index (χ4n) is 3.06. The molecule has 1 aliphatic rings. The van der Waals surface area contributed by atoms with Gasteiger partial charge in [0.05, 0.1) is 12.5 Å². The van der Waals surface area contributed by atoms with Gasteiger partial charge in [-0.25, -0.2) is 0 Å².